The average Bonchev–Trinajstić information content (AvgIpc) is 2.42. The number of carbonyl (C=O) groups is 1. The fourth-order valence-electron chi connectivity index (χ4n) is 2.81. The molecular formula is C16H25N3O. The van der Waals surface area contributed by atoms with E-state index < -0.39 is 0 Å². The van der Waals surface area contributed by atoms with E-state index in [1.165, 1.54) is 11.3 Å². The molecule has 1 fully saturated rings. The summed E-state index contributed by atoms with van der Waals surface area (Å²) < 4.78 is 0. The number of hydrogen-bond donors (Lipinski definition) is 1. The van der Waals surface area contributed by atoms with Crippen molar-refractivity contribution in [1.29, 1.82) is 0 Å². The Hall–Kier alpha value is -1.55. The Labute approximate surface area is 121 Å². The maximum absolute atomic E-state index is 12.5. The molecule has 1 aliphatic rings. The molecule has 4 heteroatoms. The van der Waals surface area contributed by atoms with Crippen molar-refractivity contribution in [2.75, 3.05) is 37.0 Å². The maximum Gasteiger partial charge on any atom is 0.244 e. The molecule has 0 bridgehead atoms. The molecule has 0 radical (unpaired) electrons. The van der Waals surface area contributed by atoms with Gasteiger partial charge in [0.05, 0.1) is 6.04 Å². The van der Waals surface area contributed by atoms with Crippen LogP contribution in [0.15, 0.2) is 18.2 Å². The van der Waals surface area contributed by atoms with Crippen molar-refractivity contribution in [2.45, 2.75) is 32.7 Å². The Morgan fingerprint density at radius 1 is 1.40 bits per heavy atom. The van der Waals surface area contributed by atoms with Crippen LogP contribution in [0.1, 0.15) is 25.3 Å². The van der Waals surface area contributed by atoms with E-state index in [-0.39, 0.29) is 11.9 Å². The summed E-state index contributed by atoms with van der Waals surface area (Å²) in [4.78, 5) is 16.5. The van der Waals surface area contributed by atoms with E-state index in [9.17, 15) is 4.79 Å². The fourth-order valence-corrected chi connectivity index (χ4v) is 2.81. The predicted octanol–water partition coefficient (Wildman–Crippen LogP) is 2.17. The normalized spacial score (nSPS) is 19.3. The molecule has 1 aliphatic heterocycles. The molecule has 1 heterocycles. The second-order valence-corrected chi connectivity index (χ2v) is 5.61. The summed E-state index contributed by atoms with van der Waals surface area (Å²) in [5, 5.41) is 3.28. The number of likely N-dealkylation sites (N-methyl/N-ethyl adjacent to an activating group) is 1. The van der Waals surface area contributed by atoms with Crippen molar-refractivity contribution >= 4 is 17.3 Å². The van der Waals surface area contributed by atoms with Gasteiger partial charge in [0.2, 0.25) is 5.91 Å². The zero-order chi connectivity index (χ0) is 14.7. The lowest BCUT2D eigenvalue weighted by Gasteiger charge is -2.33. The molecule has 1 saturated heterocycles. The van der Waals surface area contributed by atoms with Gasteiger partial charge < -0.3 is 15.1 Å². The topological polar surface area (TPSA) is 35.6 Å². The minimum absolute atomic E-state index is 0.0298. The molecule has 0 saturated carbocycles. The van der Waals surface area contributed by atoms with Crippen LogP contribution in [0, 0.1) is 6.92 Å². The lowest BCUT2D eigenvalue weighted by atomic mass is 10.0. The molecule has 0 aromatic heterocycles. The zero-order valence-corrected chi connectivity index (χ0v) is 12.9. The van der Waals surface area contributed by atoms with E-state index in [2.05, 4.69) is 35.3 Å². The van der Waals surface area contributed by atoms with Crippen molar-refractivity contribution in [3.63, 3.8) is 0 Å². The highest BCUT2D eigenvalue weighted by Gasteiger charge is 2.29. The number of nitrogens with one attached hydrogen (secondary N) is 1. The lowest BCUT2D eigenvalue weighted by Crippen LogP contribution is -2.50. The molecule has 0 aliphatic carbocycles. The Bertz CT molecular complexity index is 483. The van der Waals surface area contributed by atoms with E-state index in [1.807, 2.05) is 25.9 Å². The van der Waals surface area contributed by atoms with Crippen LogP contribution in [0.2, 0.25) is 0 Å². The molecule has 20 heavy (non-hydrogen) atoms. The van der Waals surface area contributed by atoms with Crippen molar-refractivity contribution < 1.29 is 4.79 Å². The van der Waals surface area contributed by atoms with Crippen molar-refractivity contribution in [2.24, 2.45) is 0 Å². The van der Waals surface area contributed by atoms with Crippen LogP contribution in [0.4, 0.5) is 11.4 Å². The van der Waals surface area contributed by atoms with Gasteiger partial charge in [-0.1, -0.05) is 13.0 Å². The molecule has 0 spiro atoms. The second-order valence-electron chi connectivity index (χ2n) is 5.61. The number of carbonyl (C=O) groups excluding carboxylic acids is 1. The van der Waals surface area contributed by atoms with Gasteiger partial charge in [0.15, 0.2) is 0 Å². The van der Waals surface area contributed by atoms with E-state index >= 15 is 0 Å². The first-order chi connectivity index (χ1) is 9.54. The summed E-state index contributed by atoms with van der Waals surface area (Å²) in [7, 11) is 4.07. The number of amides is 1. The third-order valence-electron chi connectivity index (χ3n) is 3.88. The molecule has 1 aromatic carbocycles. The van der Waals surface area contributed by atoms with Gasteiger partial charge in [-0.25, -0.2) is 0 Å². The van der Waals surface area contributed by atoms with Crippen molar-refractivity contribution in [3.8, 4) is 0 Å². The number of rotatable bonds is 4. The lowest BCUT2D eigenvalue weighted by molar-refractivity contribution is -0.121. The van der Waals surface area contributed by atoms with E-state index in [1.54, 1.807) is 0 Å². The van der Waals surface area contributed by atoms with Gasteiger partial charge in [-0.2, -0.15) is 0 Å². The van der Waals surface area contributed by atoms with Gasteiger partial charge in [-0.3, -0.25) is 4.79 Å². The first kappa shape index (κ1) is 14.9. The summed E-state index contributed by atoms with van der Waals surface area (Å²) in [6, 6.07) is 6.23. The van der Waals surface area contributed by atoms with Gasteiger partial charge in [-0.05, 0) is 44.0 Å². The van der Waals surface area contributed by atoms with Gasteiger partial charge in [0, 0.05) is 32.0 Å². The minimum atomic E-state index is -0.0298. The smallest absolute Gasteiger partial charge is 0.244 e. The molecule has 4 nitrogen and oxygen atoms in total. The molecular weight excluding hydrogens is 250 g/mol. The van der Waals surface area contributed by atoms with E-state index in [4.69, 9.17) is 0 Å². The monoisotopic (exact) mass is 275 g/mol. The van der Waals surface area contributed by atoms with Gasteiger partial charge in [0.1, 0.15) is 0 Å². The Kier molecular flexibility index (Phi) is 4.65. The summed E-state index contributed by atoms with van der Waals surface area (Å²) in [6.45, 7) is 5.79. The number of piperidine rings is 1. The van der Waals surface area contributed by atoms with Crippen LogP contribution in [0.25, 0.3) is 0 Å². The Balaban J connectivity index is 2.26. The second kappa shape index (κ2) is 6.27. The van der Waals surface area contributed by atoms with Crippen LogP contribution in [0.5, 0.6) is 0 Å². The number of nitrogens with zero attached hydrogens (tertiary/aromatic N) is 2. The molecule has 1 atom stereocenters. The maximum atomic E-state index is 12.5. The Morgan fingerprint density at radius 3 is 2.80 bits per heavy atom. The molecule has 110 valence electrons. The van der Waals surface area contributed by atoms with Gasteiger partial charge in [0.25, 0.3) is 0 Å². The number of aryl methyl sites for hydroxylation is 1. The predicted molar refractivity (Wildman–Crippen MR) is 84.6 cm³/mol. The van der Waals surface area contributed by atoms with Crippen LogP contribution >= 0.6 is 0 Å². The molecule has 1 aromatic rings. The fraction of sp³-hybridized carbons (Fsp3) is 0.562. The van der Waals surface area contributed by atoms with Crippen LogP contribution < -0.4 is 15.1 Å². The quantitative estimate of drug-likeness (QED) is 0.914. The standard InChI is InChI=1S/C16H25N3O/c1-5-17-14-7-6-10-19(16(14)20)13-9-8-12(2)15(11-13)18(3)4/h8-9,11,14,17H,5-7,10H2,1-4H3. The number of benzene rings is 1. The Morgan fingerprint density at radius 2 is 2.15 bits per heavy atom. The number of anilines is 2. The van der Waals surface area contributed by atoms with Crippen LogP contribution in [-0.2, 0) is 4.79 Å². The summed E-state index contributed by atoms with van der Waals surface area (Å²) in [6.07, 6.45) is 1.99. The van der Waals surface area contributed by atoms with E-state index in [0.29, 0.717) is 0 Å². The summed E-state index contributed by atoms with van der Waals surface area (Å²) in [5.41, 5.74) is 3.40. The highest BCUT2D eigenvalue weighted by Crippen LogP contribution is 2.27. The zero-order valence-electron chi connectivity index (χ0n) is 12.9. The third-order valence-corrected chi connectivity index (χ3v) is 3.88. The molecule has 1 unspecified atom stereocenters. The summed E-state index contributed by atoms with van der Waals surface area (Å²) in [5.74, 6) is 0.201. The van der Waals surface area contributed by atoms with Gasteiger partial charge >= 0.3 is 0 Å². The average molecular weight is 275 g/mol. The van der Waals surface area contributed by atoms with Crippen LogP contribution in [0.3, 0.4) is 0 Å². The first-order valence-corrected chi connectivity index (χ1v) is 7.37. The SMILES string of the molecule is CCNC1CCCN(c2ccc(C)c(N(C)C)c2)C1=O. The van der Waals surface area contributed by atoms with Gasteiger partial charge in [-0.15, -0.1) is 0 Å². The minimum Gasteiger partial charge on any atom is -0.377 e. The third kappa shape index (κ3) is 2.96. The van der Waals surface area contributed by atoms with Crippen molar-refractivity contribution in [1.82, 2.24) is 5.32 Å². The summed E-state index contributed by atoms with van der Waals surface area (Å²) >= 11 is 0. The highest BCUT2D eigenvalue weighted by molar-refractivity contribution is 5.98. The first-order valence-electron chi connectivity index (χ1n) is 7.37. The van der Waals surface area contributed by atoms with Crippen LogP contribution in [-0.4, -0.2) is 39.1 Å². The molecule has 1 N–H and O–H groups in total. The molecule has 2 rings (SSSR count). The molecule has 1 amide bonds. The van der Waals surface area contributed by atoms with Crippen molar-refractivity contribution in [3.05, 3.63) is 23.8 Å². The number of hydrogen-bond acceptors (Lipinski definition) is 3. The highest BCUT2D eigenvalue weighted by atomic mass is 16.2. The largest absolute Gasteiger partial charge is 0.377 e. The van der Waals surface area contributed by atoms with E-state index in [0.717, 1.165) is 31.6 Å².